The Labute approximate surface area is 148 Å². The molecule has 1 spiro atoms. The molecule has 0 aromatic heterocycles. The maximum absolute atomic E-state index is 13.4. The second kappa shape index (κ2) is 5.99. The van der Waals surface area contributed by atoms with Gasteiger partial charge in [-0.05, 0) is 48.8 Å². The second-order valence-corrected chi connectivity index (χ2v) is 8.24. The van der Waals surface area contributed by atoms with Gasteiger partial charge in [-0.15, -0.1) is 0 Å². The molecular formula is C20H27NO4. The summed E-state index contributed by atoms with van der Waals surface area (Å²) in [6, 6.07) is 7.87. The highest BCUT2D eigenvalue weighted by Gasteiger charge is 2.62. The van der Waals surface area contributed by atoms with Gasteiger partial charge in [-0.1, -0.05) is 18.6 Å². The second-order valence-electron chi connectivity index (χ2n) is 8.24. The SMILES string of the molecule is COc1ccc(C2(C(=O)N3C[C@@H](CO)[C@H](O)C3)CC3(CCC3)C2)cc1. The molecule has 136 valence electrons. The molecule has 0 bridgehead atoms. The summed E-state index contributed by atoms with van der Waals surface area (Å²) in [7, 11) is 1.64. The number of nitrogens with zero attached hydrogens (tertiary/aromatic N) is 1. The number of likely N-dealkylation sites (tertiary alicyclic amines) is 1. The van der Waals surface area contributed by atoms with Crippen molar-refractivity contribution in [1.82, 2.24) is 4.90 Å². The lowest BCUT2D eigenvalue weighted by Gasteiger charge is -2.61. The van der Waals surface area contributed by atoms with Crippen LogP contribution in [-0.4, -0.2) is 53.9 Å². The topological polar surface area (TPSA) is 70.0 Å². The Balaban J connectivity index is 1.61. The van der Waals surface area contributed by atoms with E-state index in [1.807, 2.05) is 24.3 Å². The monoisotopic (exact) mass is 345 g/mol. The van der Waals surface area contributed by atoms with Gasteiger partial charge in [-0.2, -0.15) is 0 Å². The van der Waals surface area contributed by atoms with Gasteiger partial charge in [-0.25, -0.2) is 0 Å². The standard InChI is InChI=1S/C20H27NO4/c1-25-16-5-3-15(4-6-16)20(12-19(13-20)7-2-8-19)18(24)21-9-14(11-22)17(23)10-21/h3-6,14,17,22-23H,2,7-13H2,1H3/t14-,17+/m0/s1. The van der Waals surface area contributed by atoms with E-state index in [9.17, 15) is 15.0 Å². The number of methoxy groups -OCH3 is 1. The normalized spacial score (nSPS) is 29.2. The number of aliphatic hydroxyl groups excluding tert-OH is 2. The van der Waals surface area contributed by atoms with Crippen molar-refractivity contribution in [2.75, 3.05) is 26.8 Å². The predicted octanol–water partition coefficient (Wildman–Crippen LogP) is 1.71. The highest BCUT2D eigenvalue weighted by molar-refractivity contribution is 5.90. The summed E-state index contributed by atoms with van der Waals surface area (Å²) in [6.45, 7) is 0.695. The molecule has 5 nitrogen and oxygen atoms in total. The third-order valence-electron chi connectivity index (χ3n) is 6.75. The van der Waals surface area contributed by atoms with Gasteiger partial charge >= 0.3 is 0 Å². The summed E-state index contributed by atoms with van der Waals surface area (Å²) in [5.41, 5.74) is 0.930. The zero-order valence-electron chi connectivity index (χ0n) is 14.8. The molecule has 0 unspecified atom stereocenters. The van der Waals surface area contributed by atoms with Crippen molar-refractivity contribution in [2.24, 2.45) is 11.3 Å². The van der Waals surface area contributed by atoms with Gasteiger partial charge in [0.2, 0.25) is 5.91 Å². The van der Waals surface area contributed by atoms with E-state index in [1.165, 1.54) is 19.3 Å². The third-order valence-corrected chi connectivity index (χ3v) is 6.75. The van der Waals surface area contributed by atoms with E-state index in [2.05, 4.69) is 0 Å². The Morgan fingerprint density at radius 2 is 1.92 bits per heavy atom. The van der Waals surface area contributed by atoms with Crippen LogP contribution in [0.2, 0.25) is 0 Å². The fourth-order valence-corrected chi connectivity index (χ4v) is 5.15. The van der Waals surface area contributed by atoms with Crippen molar-refractivity contribution in [2.45, 2.75) is 43.6 Å². The molecule has 4 rings (SSSR count). The van der Waals surface area contributed by atoms with Crippen LogP contribution in [0.15, 0.2) is 24.3 Å². The molecule has 1 aromatic rings. The average molecular weight is 345 g/mol. The predicted molar refractivity (Wildman–Crippen MR) is 93.4 cm³/mol. The molecule has 2 aliphatic carbocycles. The van der Waals surface area contributed by atoms with Gasteiger partial charge in [0.15, 0.2) is 0 Å². The molecule has 1 aliphatic heterocycles. The number of amides is 1. The maximum atomic E-state index is 13.4. The summed E-state index contributed by atoms with van der Waals surface area (Å²) >= 11 is 0. The van der Waals surface area contributed by atoms with Gasteiger partial charge in [-0.3, -0.25) is 4.79 Å². The van der Waals surface area contributed by atoms with Crippen molar-refractivity contribution < 1.29 is 19.7 Å². The van der Waals surface area contributed by atoms with Gasteiger partial charge in [0.1, 0.15) is 5.75 Å². The van der Waals surface area contributed by atoms with Crippen molar-refractivity contribution in [3.63, 3.8) is 0 Å². The van der Waals surface area contributed by atoms with E-state index < -0.39 is 11.5 Å². The molecule has 3 fully saturated rings. The van der Waals surface area contributed by atoms with Gasteiger partial charge in [0.25, 0.3) is 0 Å². The molecule has 2 saturated carbocycles. The van der Waals surface area contributed by atoms with Crippen molar-refractivity contribution >= 4 is 5.91 Å². The molecule has 3 aliphatic rings. The molecule has 2 N–H and O–H groups in total. The first kappa shape index (κ1) is 16.9. The lowest BCUT2D eigenvalue weighted by molar-refractivity contribution is -0.152. The van der Waals surface area contributed by atoms with E-state index in [4.69, 9.17) is 4.74 Å². The van der Waals surface area contributed by atoms with Crippen LogP contribution in [0.3, 0.4) is 0 Å². The van der Waals surface area contributed by atoms with Crippen LogP contribution in [0.1, 0.15) is 37.7 Å². The first-order valence-corrected chi connectivity index (χ1v) is 9.25. The first-order chi connectivity index (χ1) is 12.0. The van der Waals surface area contributed by atoms with Crippen molar-refractivity contribution in [1.29, 1.82) is 0 Å². The quantitative estimate of drug-likeness (QED) is 0.872. The van der Waals surface area contributed by atoms with Gasteiger partial charge in [0.05, 0.1) is 25.2 Å². The van der Waals surface area contributed by atoms with E-state index in [0.717, 1.165) is 24.2 Å². The summed E-state index contributed by atoms with van der Waals surface area (Å²) < 4.78 is 5.25. The number of hydrogen-bond donors (Lipinski definition) is 2. The maximum Gasteiger partial charge on any atom is 0.233 e. The lowest BCUT2D eigenvalue weighted by atomic mass is 9.43. The number of benzene rings is 1. The van der Waals surface area contributed by atoms with Crippen LogP contribution in [0.25, 0.3) is 0 Å². The van der Waals surface area contributed by atoms with Gasteiger partial charge in [0, 0.05) is 19.0 Å². The lowest BCUT2D eigenvalue weighted by Crippen LogP contribution is -2.60. The molecule has 2 atom stereocenters. The van der Waals surface area contributed by atoms with Crippen LogP contribution in [0, 0.1) is 11.3 Å². The van der Waals surface area contributed by atoms with Crippen molar-refractivity contribution in [3.05, 3.63) is 29.8 Å². The number of carbonyl (C=O) groups excluding carboxylic acids is 1. The molecule has 0 radical (unpaired) electrons. The minimum absolute atomic E-state index is 0.0789. The molecular weight excluding hydrogens is 318 g/mol. The number of aliphatic hydroxyl groups is 2. The van der Waals surface area contributed by atoms with Crippen molar-refractivity contribution in [3.8, 4) is 5.75 Å². The highest BCUT2D eigenvalue weighted by Crippen LogP contribution is 2.65. The number of hydrogen-bond acceptors (Lipinski definition) is 4. The Morgan fingerprint density at radius 3 is 2.40 bits per heavy atom. The Kier molecular flexibility index (Phi) is 4.04. The van der Waals surface area contributed by atoms with Crippen LogP contribution in [-0.2, 0) is 10.2 Å². The summed E-state index contributed by atoms with van der Waals surface area (Å²) in [5.74, 6) is 0.681. The fraction of sp³-hybridized carbons (Fsp3) is 0.650. The number of ether oxygens (including phenoxy) is 1. The van der Waals surface area contributed by atoms with Crippen LogP contribution >= 0.6 is 0 Å². The minimum atomic E-state index is -0.625. The molecule has 1 aromatic carbocycles. The molecule has 1 saturated heterocycles. The number of carbonyl (C=O) groups is 1. The van der Waals surface area contributed by atoms with Crippen LogP contribution in [0.4, 0.5) is 0 Å². The average Bonchev–Trinajstić information content (AvgIpc) is 2.94. The molecule has 5 heteroatoms. The fourth-order valence-electron chi connectivity index (χ4n) is 5.15. The summed E-state index contributed by atoms with van der Waals surface area (Å²) in [4.78, 5) is 15.2. The Bertz CT molecular complexity index is 644. The largest absolute Gasteiger partial charge is 0.497 e. The van der Waals surface area contributed by atoms with Crippen LogP contribution in [0.5, 0.6) is 5.75 Å². The van der Waals surface area contributed by atoms with E-state index in [1.54, 1.807) is 12.0 Å². The zero-order valence-corrected chi connectivity index (χ0v) is 14.8. The number of rotatable bonds is 4. The first-order valence-electron chi connectivity index (χ1n) is 9.25. The van der Waals surface area contributed by atoms with Crippen LogP contribution < -0.4 is 4.74 Å². The Hall–Kier alpha value is -1.59. The van der Waals surface area contributed by atoms with Gasteiger partial charge < -0.3 is 19.8 Å². The summed E-state index contributed by atoms with van der Waals surface area (Å²) in [6.07, 6.45) is 4.89. The summed E-state index contributed by atoms with van der Waals surface area (Å²) in [5, 5.41) is 19.5. The molecule has 1 amide bonds. The Morgan fingerprint density at radius 1 is 1.24 bits per heavy atom. The van der Waals surface area contributed by atoms with E-state index in [0.29, 0.717) is 18.5 Å². The zero-order chi connectivity index (χ0) is 17.7. The molecule has 1 heterocycles. The van der Waals surface area contributed by atoms with E-state index in [-0.39, 0.29) is 18.4 Å². The highest BCUT2D eigenvalue weighted by atomic mass is 16.5. The van der Waals surface area contributed by atoms with E-state index >= 15 is 0 Å². The number of β-amino-alcohol motifs (C(OH)–C–C–N with tert-alkyl or cyclic N) is 1. The minimum Gasteiger partial charge on any atom is -0.497 e. The smallest absolute Gasteiger partial charge is 0.233 e. The third kappa shape index (κ3) is 2.56. The molecule has 25 heavy (non-hydrogen) atoms.